The Labute approximate surface area is 92.4 Å². The highest BCUT2D eigenvalue weighted by atomic mass is 16.5. The van der Waals surface area contributed by atoms with Crippen molar-refractivity contribution in [1.29, 1.82) is 0 Å². The first-order valence-electron chi connectivity index (χ1n) is 5.35. The van der Waals surface area contributed by atoms with Crippen LogP contribution in [0, 0.1) is 0 Å². The molecule has 0 fully saturated rings. The van der Waals surface area contributed by atoms with Crippen LogP contribution in [0.1, 0.15) is 31.9 Å². The van der Waals surface area contributed by atoms with Gasteiger partial charge in [0.15, 0.2) is 0 Å². The van der Waals surface area contributed by atoms with Gasteiger partial charge >= 0.3 is 0 Å². The van der Waals surface area contributed by atoms with E-state index in [1.54, 1.807) is 7.11 Å². The zero-order valence-corrected chi connectivity index (χ0v) is 10.1. The molecule has 0 amide bonds. The number of hydrogen-bond donors (Lipinski definition) is 1. The van der Waals surface area contributed by atoms with Crippen molar-refractivity contribution in [3.8, 4) is 0 Å². The van der Waals surface area contributed by atoms with Crippen molar-refractivity contribution in [2.24, 2.45) is 5.73 Å². The Hall–Kier alpha value is -0.860. The molecule has 1 atom stereocenters. The summed E-state index contributed by atoms with van der Waals surface area (Å²) in [5.41, 5.74) is 8.33. The Balaban J connectivity index is 2.97. The highest BCUT2D eigenvalue weighted by Gasteiger charge is 2.18. The van der Waals surface area contributed by atoms with Crippen LogP contribution in [0.4, 0.5) is 0 Å². The summed E-state index contributed by atoms with van der Waals surface area (Å²) in [4.78, 5) is 0. The Morgan fingerprint density at radius 3 is 2.47 bits per heavy atom. The summed E-state index contributed by atoms with van der Waals surface area (Å²) in [6.07, 6.45) is 1.14. The summed E-state index contributed by atoms with van der Waals surface area (Å²) in [5.74, 6) is 0. The third kappa shape index (κ3) is 3.33. The third-order valence-corrected chi connectivity index (χ3v) is 2.62. The molecule has 1 aromatic carbocycles. The van der Waals surface area contributed by atoms with E-state index < -0.39 is 0 Å². The highest BCUT2D eigenvalue weighted by Crippen LogP contribution is 2.22. The monoisotopic (exact) mass is 207 g/mol. The molecular formula is C13H21NO. The van der Waals surface area contributed by atoms with Crippen molar-refractivity contribution in [2.75, 3.05) is 7.11 Å². The Bertz CT molecular complexity index is 315. The van der Waals surface area contributed by atoms with E-state index >= 15 is 0 Å². The molecule has 0 saturated heterocycles. The number of benzene rings is 1. The van der Waals surface area contributed by atoms with E-state index in [2.05, 4.69) is 19.1 Å². The summed E-state index contributed by atoms with van der Waals surface area (Å²) < 4.78 is 5.28. The number of methoxy groups -OCH3 is 1. The van der Waals surface area contributed by atoms with Gasteiger partial charge in [-0.1, -0.05) is 24.3 Å². The molecule has 2 N–H and O–H groups in total. The lowest BCUT2D eigenvalue weighted by Crippen LogP contribution is -2.30. The lowest BCUT2D eigenvalue weighted by Gasteiger charge is -2.24. The maximum Gasteiger partial charge on any atom is 0.0583 e. The third-order valence-electron chi connectivity index (χ3n) is 2.62. The van der Waals surface area contributed by atoms with E-state index in [1.807, 2.05) is 26.0 Å². The van der Waals surface area contributed by atoms with Gasteiger partial charge in [0.25, 0.3) is 0 Å². The summed E-state index contributed by atoms with van der Waals surface area (Å²) in [7, 11) is 1.74. The van der Waals surface area contributed by atoms with E-state index in [0.717, 1.165) is 6.42 Å². The first-order chi connectivity index (χ1) is 6.95. The van der Waals surface area contributed by atoms with E-state index in [1.165, 1.54) is 11.1 Å². The molecule has 1 aromatic rings. The molecular weight excluding hydrogens is 186 g/mol. The van der Waals surface area contributed by atoms with Crippen LogP contribution >= 0.6 is 0 Å². The number of nitrogens with two attached hydrogens (primary N) is 1. The van der Waals surface area contributed by atoms with Crippen LogP contribution in [0.5, 0.6) is 0 Å². The molecule has 0 radical (unpaired) electrons. The van der Waals surface area contributed by atoms with Crippen LogP contribution in [0.3, 0.4) is 0 Å². The largest absolute Gasteiger partial charge is 0.381 e. The van der Waals surface area contributed by atoms with Crippen molar-refractivity contribution >= 4 is 0 Å². The zero-order valence-electron chi connectivity index (χ0n) is 10.1. The number of rotatable bonds is 4. The average Bonchev–Trinajstić information content (AvgIpc) is 2.17. The predicted molar refractivity (Wildman–Crippen MR) is 63.8 cm³/mol. The Kier molecular flexibility index (Phi) is 3.89. The molecule has 0 aliphatic carbocycles. The molecule has 2 nitrogen and oxygen atoms in total. The fourth-order valence-corrected chi connectivity index (χ4v) is 1.72. The predicted octanol–water partition coefficient (Wildman–Crippen LogP) is 2.46. The molecule has 0 bridgehead atoms. The van der Waals surface area contributed by atoms with Gasteiger partial charge in [-0.3, -0.25) is 0 Å². The van der Waals surface area contributed by atoms with E-state index in [-0.39, 0.29) is 11.6 Å². The second kappa shape index (κ2) is 4.77. The van der Waals surface area contributed by atoms with Crippen LogP contribution in [0.2, 0.25) is 0 Å². The van der Waals surface area contributed by atoms with Gasteiger partial charge in [0.05, 0.1) is 6.10 Å². The Morgan fingerprint density at radius 1 is 1.33 bits per heavy atom. The molecule has 1 rings (SSSR count). The highest BCUT2D eigenvalue weighted by molar-refractivity contribution is 5.32. The molecule has 2 heteroatoms. The van der Waals surface area contributed by atoms with Crippen LogP contribution in [0.25, 0.3) is 0 Å². The molecule has 0 saturated carbocycles. The fourth-order valence-electron chi connectivity index (χ4n) is 1.72. The number of hydrogen-bond acceptors (Lipinski definition) is 2. The van der Waals surface area contributed by atoms with Crippen molar-refractivity contribution < 1.29 is 4.74 Å². The summed E-state index contributed by atoms with van der Waals surface area (Å²) in [6, 6.07) is 8.30. The maximum absolute atomic E-state index is 6.13. The SMILES string of the molecule is COC(C)Cc1ccccc1C(C)(C)N. The molecule has 1 unspecified atom stereocenters. The zero-order chi connectivity index (χ0) is 11.5. The topological polar surface area (TPSA) is 35.2 Å². The summed E-state index contributed by atoms with van der Waals surface area (Å²) in [5, 5.41) is 0. The molecule has 0 heterocycles. The maximum atomic E-state index is 6.13. The van der Waals surface area contributed by atoms with Gasteiger partial charge < -0.3 is 10.5 Å². The smallest absolute Gasteiger partial charge is 0.0583 e. The normalized spacial score (nSPS) is 13.9. The van der Waals surface area contributed by atoms with Crippen molar-refractivity contribution in [2.45, 2.75) is 38.8 Å². The first kappa shape index (κ1) is 12.2. The van der Waals surface area contributed by atoms with Gasteiger partial charge in [0.2, 0.25) is 0 Å². The van der Waals surface area contributed by atoms with Crippen molar-refractivity contribution in [3.05, 3.63) is 35.4 Å². The molecule has 0 aliphatic rings. The second-order valence-electron chi connectivity index (χ2n) is 4.63. The van der Waals surface area contributed by atoms with Gasteiger partial charge in [0.1, 0.15) is 0 Å². The molecule has 0 spiro atoms. The number of ether oxygens (including phenoxy) is 1. The molecule has 15 heavy (non-hydrogen) atoms. The first-order valence-corrected chi connectivity index (χ1v) is 5.35. The van der Waals surface area contributed by atoms with Gasteiger partial charge in [0, 0.05) is 12.6 Å². The van der Waals surface area contributed by atoms with E-state index in [0.29, 0.717) is 0 Å². The lowest BCUT2D eigenvalue weighted by atomic mass is 9.89. The fraction of sp³-hybridized carbons (Fsp3) is 0.538. The quantitative estimate of drug-likeness (QED) is 0.823. The van der Waals surface area contributed by atoms with Crippen LogP contribution in [-0.2, 0) is 16.7 Å². The molecule has 0 aliphatic heterocycles. The van der Waals surface area contributed by atoms with Gasteiger partial charge in [-0.25, -0.2) is 0 Å². The van der Waals surface area contributed by atoms with Crippen molar-refractivity contribution in [1.82, 2.24) is 0 Å². The van der Waals surface area contributed by atoms with Crippen molar-refractivity contribution in [3.63, 3.8) is 0 Å². The minimum absolute atomic E-state index is 0.230. The second-order valence-corrected chi connectivity index (χ2v) is 4.63. The standard InChI is InChI=1S/C13H21NO/c1-10(15-4)9-11-7-5-6-8-12(11)13(2,3)14/h5-8,10H,9,14H2,1-4H3. The van der Waals surface area contributed by atoms with Crippen LogP contribution in [-0.4, -0.2) is 13.2 Å². The van der Waals surface area contributed by atoms with E-state index in [9.17, 15) is 0 Å². The molecule has 84 valence electrons. The minimum atomic E-state index is -0.288. The summed E-state index contributed by atoms with van der Waals surface area (Å²) >= 11 is 0. The van der Waals surface area contributed by atoms with E-state index in [4.69, 9.17) is 10.5 Å². The minimum Gasteiger partial charge on any atom is -0.381 e. The molecule has 0 aromatic heterocycles. The van der Waals surface area contributed by atoms with Gasteiger partial charge in [-0.2, -0.15) is 0 Å². The lowest BCUT2D eigenvalue weighted by molar-refractivity contribution is 0.118. The van der Waals surface area contributed by atoms with Gasteiger partial charge in [-0.05, 0) is 38.3 Å². The Morgan fingerprint density at radius 2 is 1.93 bits per heavy atom. The van der Waals surface area contributed by atoms with Gasteiger partial charge in [-0.15, -0.1) is 0 Å². The van der Waals surface area contributed by atoms with Crippen LogP contribution in [0.15, 0.2) is 24.3 Å². The summed E-state index contributed by atoms with van der Waals surface area (Å²) in [6.45, 7) is 6.13. The van der Waals surface area contributed by atoms with Crippen LogP contribution < -0.4 is 5.73 Å². The average molecular weight is 207 g/mol.